The number of hydrogen-bond donors (Lipinski definition) is 1. The second-order valence-electron chi connectivity index (χ2n) is 8.87. The molecule has 10 nitrogen and oxygen atoms in total. The molecule has 196 valence electrons. The summed E-state index contributed by atoms with van der Waals surface area (Å²) in [5, 5.41) is 13.7. The lowest BCUT2D eigenvalue weighted by Gasteiger charge is -2.35. The average Bonchev–Trinajstić information content (AvgIpc) is 2.95. The van der Waals surface area contributed by atoms with Crippen LogP contribution >= 0.6 is 0 Å². The van der Waals surface area contributed by atoms with Gasteiger partial charge in [0.05, 0.1) is 18.6 Å². The maximum atomic E-state index is 13.5. The van der Waals surface area contributed by atoms with Crippen LogP contribution < -0.4 is 5.32 Å². The molecule has 10 heteroatoms. The van der Waals surface area contributed by atoms with Gasteiger partial charge in [-0.05, 0) is 22.3 Å². The Kier molecular flexibility index (Phi) is 8.32. The summed E-state index contributed by atoms with van der Waals surface area (Å²) in [5.74, 6) is -1.21. The number of amides is 2. The predicted molar refractivity (Wildman–Crippen MR) is 137 cm³/mol. The Morgan fingerprint density at radius 3 is 2.29 bits per heavy atom. The Morgan fingerprint density at radius 2 is 1.63 bits per heavy atom. The lowest BCUT2D eigenvalue weighted by molar-refractivity contribution is -0.384. The van der Waals surface area contributed by atoms with Crippen LogP contribution in [0.5, 0.6) is 0 Å². The van der Waals surface area contributed by atoms with Crippen molar-refractivity contribution in [1.29, 1.82) is 0 Å². The minimum Gasteiger partial charge on any atom is -0.467 e. The number of nitro benzene ring substituents is 1. The molecule has 0 aromatic heterocycles. The van der Waals surface area contributed by atoms with Gasteiger partial charge >= 0.3 is 12.1 Å². The van der Waals surface area contributed by atoms with Crippen LogP contribution in [0.15, 0.2) is 78.9 Å². The minimum absolute atomic E-state index is 0.0527. The summed E-state index contributed by atoms with van der Waals surface area (Å²) in [6, 6.07) is 20.5. The number of nitro groups is 1. The Balaban J connectivity index is 1.52. The van der Waals surface area contributed by atoms with Crippen molar-refractivity contribution in [3.05, 3.63) is 111 Å². The molecular formula is C28H27N3O7. The van der Waals surface area contributed by atoms with Gasteiger partial charge in [-0.25, -0.2) is 9.59 Å². The van der Waals surface area contributed by atoms with E-state index < -0.39 is 35.0 Å². The maximum Gasteiger partial charge on any atom is 0.411 e. The van der Waals surface area contributed by atoms with E-state index in [1.165, 1.54) is 36.3 Å². The number of esters is 1. The van der Waals surface area contributed by atoms with Gasteiger partial charge < -0.3 is 14.8 Å². The molecule has 0 radical (unpaired) electrons. The number of nitrogens with one attached hydrogen (secondary N) is 1. The molecule has 0 fully saturated rings. The van der Waals surface area contributed by atoms with E-state index in [9.17, 15) is 24.5 Å². The maximum absolute atomic E-state index is 13.5. The number of non-ortho nitro benzene ring substituents is 1. The summed E-state index contributed by atoms with van der Waals surface area (Å²) >= 11 is 0. The van der Waals surface area contributed by atoms with Crippen molar-refractivity contribution < 1.29 is 28.8 Å². The summed E-state index contributed by atoms with van der Waals surface area (Å²) in [7, 11) is 1.21. The fourth-order valence-electron chi connectivity index (χ4n) is 4.34. The van der Waals surface area contributed by atoms with Crippen LogP contribution in [0.4, 0.5) is 10.5 Å². The highest BCUT2D eigenvalue weighted by Gasteiger charge is 2.37. The van der Waals surface area contributed by atoms with Crippen molar-refractivity contribution in [2.24, 2.45) is 0 Å². The van der Waals surface area contributed by atoms with Gasteiger partial charge in [0, 0.05) is 25.0 Å². The Bertz CT molecular complexity index is 1310. The highest BCUT2D eigenvalue weighted by molar-refractivity contribution is 5.90. The van der Waals surface area contributed by atoms with Gasteiger partial charge in [-0.2, -0.15) is 0 Å². The number of fused-ring (bicyclic) bond motifs is 1. The van der Waals surface area contributed by atoms with Crippen molar-refractivity contribution >= 4 is 23.7 Å². The highest BCUT2D eigenvalue weighted by atomic mass is 16.6. The third-order valence-electron chi connectivity index (χ3n) is 6.38. The van der Waals surface area contributed by atoms with Crippen molar-refractivity contribution in [2.45, 2.75) is 38.1 Å². The molecule has 2 amide bonds. The summed E-state index contributed by atoms with van der Waals surface area (Å²) in [6.07, 6.45) is -0.347. The third kappa shape index (κ3) is 6.33. The molecule has 3 aromatic rings. The molecular weight excluding hydrogens is 490 g/mol. The van der Waals surface area contributed by atoms with Gasteiger partial charge in [0.15, 0.2) is 0 Å². The zero-order chi connectivity index (χ0) is 27.1. The van der Waals surface area contributed by atoms with Gasteiger partial charge in [0.2, 0.25) is 5.91 Å². The van der Waals surface area contributed by atoms with E-state index in [1.54, 1.807) is 0 Å². The van der Waals surface area contributed by atoms with E-state index in [0.717, 1.165) is 16.7 Å². The smallest absolute Gasteiger partial charge is 0.411 e. The van der Waals surface area contributed by atoms with Crippen molar-refractivity contribution in [1.82, 2.24) is 10.2 Å². The van der Waals surface area contributed by atoms with Crippen LogP contribution in [-0.2, 0) is 45.1 Å². The topological polar surface area (TPSA) is 128 Å². The first kappa shape index (κ1) is 26.3. The first-order valence-corrected chi connectivity index (χ1v) is 12.0. The van der Waals surface area contributed by atoms with Gasteiger partial charge in [-0.1, -0.05) is 66.7 Å². The second-order valence-corrected chi connectivity index (χ2v) is 8.87. The van der Waals surface area contributed by atoms with Gasteiger partial charge in [-0.3, -0.25) is 19.8 Å². The quantitative estimate of drug-likeness (QED) is 0.275. The van der Waals surface area contributed by atoms with E-state index in [1.807, 2.05) is 54.6 Å². The predicted octanol–water partition coefficient (Wildman–Crippen LogP) is 3.56. The summed E-state index contributed by atoms with van der Waals surface area (Å²) in [4.78, 5) is 50.9. The Morgan fingerprint density at radius 1 is 0.974 bits per heavy atom. The molecule has 1 heterocycles. The number of hydrogen-bond acceptors (Lipinski definition) is 7. The second kappa shape index (κ2) is 12.0. The van der Waals surface area contributed by atoms with Crippen molar-refractivity contribution in [2.75, 3.05) is 7.11 Å². The SMILES string of the molecule is COC(=O)[C@@H](Cc1ccc([N+](=O)[O-])cc1)NC(=O)[C@@H]1Cc2ccccc2CN1C(=O)OCc1ccccc1. The number of rotatable bonds is 8. The molecule has 1 N–H and O–H groups in total. The highest BCUT2D eigenvalue weighted by Crippen LogP contribution is 2.25. The average molecular weight is 518 g/mol. The van der Waals surface area contributed by atoms with E-state index in [2.05, 4.69) is 5.32 Å². The van der Waals surface area contributed by atoms with Crippen molar-refractivity contribution in [3.63, 3.8) is 0 Å². The van der Waals surface area contributed by atoms with Gasteiger partial charge in [0.25, 0.3) is 5.69 Å². The van der Waals surface area contributed by atoms with E-state index in [4.69, 9.17) is 9.47 Å². The molecule has 1 aliphatic rings. The number of benzene rings is 3. The first-order chi connectivity index (χ1) is 18.4. The van der Waals surface area contributed by atoms with E-state index in [-0.39, 0.29) is 31.7 Å². The molecule has 0 unspecified atom stereocenters. The van der Waals surface area contributed by atoms with Crippen LogP contribution in [0.25, 0.3) is 0 Å². The molecule has 2 atom stereocenters. The van der Waals surface area contributed by atoms with Crippen LogP contribution in [0.3, 0.4) is 0 Å². The largest absolute Gasteiger partial charge is 0.467 e. The molecule has 0 spiro atoms. The molecule has 1 aliphatic heterocycles. The lowest BCUT2D eigenvalue weighted by atomic mass is 9.93. The van der Waals surface area contributed by atoms with Crippen LogP contribution in [-0.4, -0.2) is 47.0 Å². The molecule has 0 saturated carbocycles. The normalized spacial score (nSPS) is 15.1. The Labute approximate surface area is 219 Å². The first-order valence-electron chi connectivity index (χ1n) is 12.0. The summed E-state index contributed by atoms with van der Waals surface area (Å²) in [6.45, 7) is 0.226. The van der Waals surface area contributed by atoms with Crippen LogP contribution in [0, 0.1) is 10.1 Å². The lowest BCUT2D eigenvalue weighted by Crippen LogP contribution is -2.56. The molecule has 38 heavy (non-hydrogen) atoms. The molecule has 3 aromatic carbocycles. The molecule has 4 rings (SSSR count). The zero-order valence-corrected chi connectivity index (χ0v) is 20.7. The minimum atomic E-state index is -1.06. The fraction of sp³-hybridized carbons (Fsp3) is 0.250. The summed E-state index contributed by atoms with van der Waals surface area (Å²) in [5.41, 5.74) is 3.15. The number of carbonyl (C=O) groups is 3. The van der Waals surface area contributed by atoms with Gasteiger partial charge in [0.1, 0.15) is 18.7 Å². The van der Waals surface area contributed by atoms with Crippen LogP contribution in [0.1, 0.15) is 22.3 Å². The van der Waals surface area contributed by atoms with Crippen molar-refractivity contribution in [3.8, 4) is 0 Å². The molecule has 0 aliphatic carbocycles. The molecule has 0 bridgehead atoms. The standard InChI is InChI=1S/C28H27N3O7/c1-37-27(33)24(15-19-11-13-23(14-12-19)31(35)36)29-26(32)25-16-21-9-5-6-10-22(21)17-30(25)28(34)38-18-20-7-3-2-4-8-20/h2-14,24-25H,15-18H2,1H3,(H,29,32)/t24-,25+/m1/s1. The fourth-order valence-corrected chi connectivity index (χ4v) is 4.34. The molecule has 0 saturated heterocycles. The van der Waals surface area contributed by atoms with Gasteiger partial charge in [-0.15, -0.1) is 0 Å². The third-order valence-corrected chi connectivity index (χ3v) is 6.38. The number of nitrogens with zero attached hydrogens (tertiary/aromatic N) is 2. The van der Waals surface area contributed by atoms with E-state index >= 15 is 0 Å². The van der Waals surface area contributed by atoms with E-state index in [0.29, 0.717) is 5.56 Å². The monoisotopic (exact) mass is 517 g/mol. The number of ether oxygens (including phenoxy) is 2. The number of carbonyl (C=O) groups excluding carboxylic acids is 3. The summed E-state index contributed by atoms with van der Waals surface area (Å²) < 4.78 is 10.4. The number of methoxy groups -OCH3 is 1. The Hall–Kier alpha value is -4.73. The van der Waals surface area contributed by atoms with Crippen LogP contribution in [0.2, 0.25) is 0 Å². The zero-order valence-electron chi connectivity index (χ0n) is 20.7.